The van der Waals surface area contributed by atoms with E-state index in [1.54, 1.807) is 6.20 Å². The molecule has 0 unspecified atom stereocenters. The fourth-order valence-corrected chi connectivity index (χ4v) is 3.13. The summed E-state index contributed by atoms with van der Waals surface area (Å²) in [6.45, 7) is 4.22. The van der Waals surface area contributed by atoms with Gasteiger partial charge in [0, 0.05) is 12.7 Å². The second kappa shape index (κ2) is 6.22. The van der Waals surface area contributed by atoms with E-state index in [0.29, 0.717) is 12.0 Å². The molecule has 1 aromatic heterocycles. The van der Waals surface area contributed by atoms with Gasteiger partial charge in [0.05, 0.1) is 11.7 Å². The smallest absolute Gasteiger partial charge is 0.220 e. The van der Waals surface area contributed by atoms with Gasteiger partial charge in [-0.05, 0) is 37.9 Å². The van der Waals surface area contributed by atoms with Crippen LogP contribution in [0.4, 0.5) is 5.95 Å². The van der Waals surface area contributed by atoms with Crippen LogP contribution in [0.15, 0.2) is 36.5 Å². The molecule has 1 aliphatic heterocycles. The molecule has 1 atom stereocenters. The number of likely N-dealkylation sites (tertiary alicyclic amines) is 1. The average Bonchev–Trinajstić information content (AvgIpc) is 2.48. The first-order chi connectivity index (χ1) is 10.2. The summed E-state index contributed by atoms with van der Waals surface area (Å²) in [5.74, 6) is 0.369. The zero-order valence-corrected chi connectivity index (χ0v) is 12.5. The second-order valence-corrected chi connectivity index (χ2v) is 5.81. The molecule has 4 heteroatoms. The van der Waals surface area contributed by atoms with E-state index in [1.165, 1.54) is 24.0 Å². The zero-order chi connectivity index (χ0) is 14.7. The highest BCUT2D eigenvalue weighted by atomic mass is 15.2. The molecular formula is C17H22N4. The summed E-state index contributed by atoms with van der Waals surface area (Å²) in [6.07, 6.45) is 5.40. The summed E-state index contributed by atoms with van der Waals surface area (Å²) in [4.78, 5) is 10.9. The van der Waals surface area contributed by atoms with E-state index in [4.69, 9.17) is 5.73 Å². The molecule has 0 spiro atoms. The molecular weight excluding hydrogens is 260 g/mol. The molecule has 2 N–H and O–H groups in total. The molecule has 1 fully saturated rings. The summed E-state index contributed by atoms with van der Waals surface area (Å²) in [6, 6.07) is 11.1. The van der Waals surface area contributed by atoms with Gasteiger partial charge in [-0.3, -0.25) is 4.90 Å². The molecule has 0 radical (unpaired) electrons. The quantitative estimate of drug-likeness (QED) is 0.940. The van der Waals surface area contributed by atoms with E-state index in [0.717, 1.165) is 25.2 Å². The molecule has 1 aliphatic rings. The highest BCUT2D eigenvalue weighted by Gasteiger charge is 2.25. The third-order valence-corrected chi connectivity index (χ3v) is 4.12. The lowest BCUT2D eigenvalue weighted by Crippen LogP contribution is -2.33. The van der Waals surface area contributed by atoms with Crippen molar-refractivity contribution in [1.82, 2.24) is 14.9 Å². The zero-order valence-electron chi connectivity index (χ0n) is 12.5. The van der Waals surface area contributed by atoms with E-state index in [9.17, 15) is 0 Å². The van der Waals surface area contributed by atoms with Crippen molar-refractivity contribution in [3.8, 4) is 0 Å². The molecule has 1 saturated heterocycles. The molecule has 1 aromatic carbocycles. The largest absolute Gasteiger partial charge is 0.368 e. The maximum absolute atomic E-state index is 5.74. The molecule has 21 heavy (non-hydrogen) atoms. The molecule has 0 saturated carbocycles. The molecule has 4 nitrogen and oxygen atoms in total. The standard InChI is InChI=1S/C17H22N4/c1-13-5-4-6-14(11-13)12-21-10-3-2-7-16(21)15-8-9-19-17(18)20-15/h4-6,8-9,11,16H,2-3,7,10,12H2,1H3,(H2,18,19,20)/t16-/m0/s1. The minimum Gasteiger partial charge on any atom is -0.368 e. The van der Waals surface area contributed by atoms with Crippen LogP contribution in [0.1, 0.15) is 42.1 Å². The Morgan fingerprint density at radius 2 is 2.19 bits per heavy atom. The molecule has 0 amide bonds. The number of nitrogen functional groups attached to an aromatic ring is 1. The molecule has 0 bridgehead atoms. The Morgan fingerprint density at radius 1 is 1.29 bits per heavy atom. The van der Waals surface area contributed by atoms with Crippen molar-refractivity contribution in [2.45, 2.75) is 38.8 Å². The SMILES string of the molecule is Cc1cccc(CN2CCCC[C@H]2c2ccnc(N)n2)c1. The number of benzene rings is 1. The van der Waals surface area contributed by atoms with Gasteiger partial charge in [0.2, 0.25) is 5.95 Å². The number of aryl methyl sites for hydroxylation is 1. The lowest BCUT2D eigenvalue weighted by atomic mass is 9.98. The van der Waals surface area contributed by atoms with Crippen molar-refractivity contribution in [1.29, 1.82) is 0 Å². The van der Waals surface area contributed by atoms with Crippen molar-refractivity contribution in [3.05, 3.63) is 53.3 Å². The Morgan fingerprint density at radius 3 is 3.00 bits per heavy atom. The summed E-state index contributed by atoms with van der Waals surface area (Å²) in [5, 5.41) is 0. The maximum Gasteiger partial charge on any atom is 0.220 e. The van der Waals surface area contributed by atoms with Gasteiger partial charge >= 0.3 is 0 Å². The summed E-state index contributed by atoms with van der Waals surface area (Å²) >= 11 is 0. The lowest BCUT2D eigenvalue weighted by molar-refractivity contribution is 0.137. The molecule has 2 aromatic rings. The Bertz CT molecular complexity index is 611. The van der Waals surface area contributed by atoms with Crippen LogP contribution in [0.2, 0.25) is 0 Å². The monoisotopic (exact) mass is 282 g/mol. The van der Waals surface area contributed by atoms with Gasteiger partial charge in [-0.1, -0.05) is 36.2 Å². The first-order valence-corrected chi connectivity index (χ1v) is 7.60. The fourth-order valence-electron chi connectivity index (χ4n) is 3.13. The molecule has 110 valence electrons. The van der Waals surface area contributed by atoms with Crippen LogP contribution in [-0.4, -0.2) is 21.4 Å². The lowest BCUT2D eigenvalue weighted by Gasteiger charge is -2.35. The molecule has 3 rings (SSSR count). The Balaban J connectivity index is 1.81. The normalized spacial score (nSPS) is 19.6. The summed E-state index contributed by atoms with van der Waals surface area (Å²) in [7, 11) is 0. The number of rotatable bonds is 3. The van der Waals surface area contributed by atoms with E-state index in [1.807, 2.05) is 6.07 Å². The van der Waals surface area contributed by atoms with Gasteiger partial charge < -0.3 is 5.73 Å². The number of piperidine rings is 1. The van der Waals surface area contributed by atoms with Crippen molar-refractivity contribution < 1.29 is 0 Å². The fraction of sp³-hybridized carbons (Fsp3) is 0.412. The summed E-state index contributed by atoms with van der Waals surface area (Å²) in [5.41, 5.74) is 9.47. The van der Waals surface area contributed by atoms with E-state index in [2.05, 4.69) is 46.1 Å². The summed E-state index contributed by atoms with van der Waals surface area (Å²) < 4.78 is 0. The van der Waals surface area contributed by atoms with Crippen LogP contribution in [-0.2, 0) is 6.54 Å². The Labute approximate surface area is 126 Å². The number of aromatic nitrogens is 2. The van der Waals surface area contributed by atoms with Crippen LogP contribution < -0.4 is 5.73 Å². The average molecular weight is 282 g/mol. The van der Waals surface area contributed by atoms with Gasteiger partial charge in [-0.2, -0.15) is 0 Å². The number of nitrogens with zero attached hydrogens (tertiary/aromatic N) is 3. The minimum absolute atomic E-state index is 0.351. The highest BCUT2D eigenvalue weighted by Crippen LogP contribution is 2.31. The van der Waals surface area contributed by atoms with Gasteiger partial charge in [0.15, 0.2) is 0 Å². The van der Waals surface area contributed by atoms with Crippen molar-refractivity contribution >= 4 is 5.95 Å². The minimum atomic E-state index is 0.351. The van der Waals surface area contributed by atoms with Crippen molar-refractivity contribution in [2.75, 3.05) is 12.3 Å². The highest BCUT2D eigenvalue weighted by molar-refractivity contribution is 5.23. The van der Waals surface area contributed by atoms with Gasteiger partial charge in [0.25, 0.3) is 0 Å². The van der Waals surface area contributed by atoms with Gasteiger partial charge in [0.1, 0.15) is 0 Å². The predicted molar refractivity (Wildman–Crippen MR) is 84.6 cm³/mol. The van der Waals surface area contributed by atoms with Crippen LogP contribution in [0.3, 0.4) is 0 Å². The van der Waals surface area contributed by atoms with Crippen molar-refractivity contribution in [2.24, 2.45) is 0 Å². The Kier molecular flexibility index (Phi) is 4.15. The van der Waals surface area contributed by atoms with Gasteiger partial charge in [-0.25, -0.2) is 9.97 Å². The second-order valence-electron chi connectivity index (χ2n) is 5.81. The van der Waals surface area contributed by atoms with Gasteiger partial charge in [-0.15, -0.1) is 0 Å². The third kappa shape index (κ3) is 3.39. The van der Waals surface area contributed by atoms with E-state index in [-0.39, 0.29) is 0 Å². The third-order valence-electron chi connectivity index (χ3n) is 4.12. The van der Waals surface area contributed by atoms with Crippen LogP contribution in [0.25, 0.3) is 0 Å². The first kappa shape index (κ1) is 14.0. The number of anilines is 1. The number of nitrogens with two attached hydrogens (primary N) is 1. The van der Waals surface area contributed by atoms with Crippen LogP contribution in [0.5, 0.6) is 0 Å². The molecule has 2 heterocycles. The van der Waals surface area contributed by atoms with E-state index >= 15 is 0 Å². The number of hydrogen-bond acceptors (Lipinski definition) is 4. The maximum atomic E-state index is 5.74. The van der Waals surface area contributed by atoms with Crippen molar-refractivity contribution in [3.63, 3.8) is 0 Å². The van der Waals surface area contributed by atoms with Crippen LogP contribution in [0, 0.1) is 6.92 Å². The van der Waals surface area contributed by atoms with Crippen LogP contribution >= 0.6 is 0 Å². The Hall–Kier alpha value is -1.94. The molecule has 0 aliphatic carbocycles. The predicted octanol–water partition coefficient (Wildman–Crippen LogP) is 3.09. The van der Waals surface area contributed by atoms with E-state index < -0.39 is 0 Å². The topological polar surface area (TPSA) is 55.0 Å². The first-order valence-electron chi connectivity index (χ1n) is 7.60. The number of hydrogen-bond donors (Lipinski definition) is 1.